The third kappa shape index (κ3) is 2.47. The van der Waals surface area contributed by atoms with Crippen LogP contribution in [0.25, 0.3) is 0 Å². The first-order valence-electron chi connectivity index (χ1n) is 6.01. The van der Waals surface area contributed by atoms with E-state index in [2.05, 4.69) is 0 Å². The highest BCUT2D eigenvalue weighted by molar-refractivity contribution is 6.00. The minimum absolute atomic E-state index is 0.0913. The number of halogens is 1. The first kappa shape index (κ1) is 14.0. The SMILES string of the molecule is NC(=O)CCC(C(=O)O)N1Cc2c(F)cccc2C1=O. The van der Waals surface area contributed by atoms with E-state index in [0.29, 0.717) is 0 Å². The number of carboxylic acids is 1. The molecule has 1 aliphatic heterocycles. The molecule has 0 spiro atoms. The van der Waals surface area contributed by atoms with Crippen molar-refractivity contribution in [3.63, 3.8) is 0 Å². The molecule has 2 rings (SSSR count). The van der Waals surface area contributed by atoms with Crippen LogP contribution in [0.2, 0.25) is 0 Å². The van der Waals surface area contributed by atoms with Crippen molar-refractivity contribution in [2.75, 3.05) is 0 Å². The van der Waals surface area contributed by atoms with Gasteiger partial charge in [0.2, 0.25) is 5.91 Å². The van der Waals surface area contributed by atoms with Gasteiger partial charge in [-0.3, -0.25) is 9.59 Å². The molecular formula is C13H13FN2O4. The largest absolute Gasteiger partial charge is 0.480 e. The average molecular weight is 280 g/mol. The molecule has 0 saturated heterocycles. The van der Waals surface area contributed by atoms with E-state index < -0.39 is 29.6 Å². The van der Waals surface area contributed by atoms with Crippen LogP contribution in [0.4, 0.5) is 4.39 Å². The number of primary amides is 1. The molecule has 0 saturated carbocycles. The van der Waals surface area contributed by atoms with Gasteiger partial charge in [-0.1, -0.05) is 6.07 Å². The van der Waals surface area contributed by atoms with Crippen LogP contribution in [-0.4, -0.2) is 33.8 Å². The maximum absolute atomic E-state index is 13.6. The molecule has 6 nitrogen and oxygen atoms in total. The van der Waals surface area contributed by atoms with Gasteiger partial charge < -0.3 is 15.7 Å². The molecule has 0 aromatic heterocycles. The van der Waals surface area contributed by atoms with E-state index in [1.165, 1.54) is 18.2 Å². The zero-order valence-corrected chi connectivity index (χ0v) is 10.5. The normalized spacial score (nSPS) is 15.1. The molecule has 2 amide bonds. The summed E-state index contributed by atoms with van der Waals surface area (Å²) in [6.45, 7) is -0.115. The summed E-state index contributed by atoms with van der Waals surface area (Å²) in [6.07, 6.45) is -0.244. The van der Waals surface area contributed by atoms with Crippen LogP contribution in [0.1, 0.15) is 28.8 Å². The monoisotopic (exact) mass is 280 g/mol. The van der Waals surface area contributed by atoms with Crippen LogP contribution in [0, 0.1) is 5.82 Å². The Balaban J connectivity index is 2.25. The number of hydrogen-bond acceptors (Lipinski definition) is 3. The molecule has 1 heterocycles. The van der Waals surface area contributed by atoms with Gasteiger partial charge in [0.05, 0.1) is 6.54 Å². The van der Waals surface area contributed by atoms with Crippen molar-refractivity contribution in [3.05, 3.63) is 35.1 Å². The Kier molecular flexibility index (Phi) is 3.69. The lowest BCUT2D eigenvalue weighted by Gasteiger charge is -2.23. The number of carboxylic acid groups (broad SMARTS) is 1. The lowest BCUT2D eigenvalue weighted by molar-refractivity contribution is -0.142. The molecule has 20 heavy (non-hydrogen) atoms. The highest BCUT2D eigenvalue weighted by Gasteiger charge is 2.37. The van der Waals surface area contributed by atoms with Crippen LogP contribution in [0.5, 0.6) is 0 Å². The number of amides is 2. The number of fused-ring (bicyclic) bond motifs is 1. The van der Waals surface area contributed by atoms with Gasteiger partial charge in [-0.05, 0) is 18.6 Å². The summed E-state index contributed by atoms with van der Waals surface area (Å²) >= 11 is 0. The molecule has 1 aromatic rings. The Morgan fingerprint density at radius 3 is 2.70 bits per heavy atom. The number of carbonyl (C=O) groups is 3. The Labute approximate surface area is 114 Å². The van der Waals surface area contributed by atoms with E-state index in [4.69, 9.17) is 5.73 Å². The van der Waals surface area contributed by atoms with Crippen molar-refractivity contribution in [1.29, 1.82) is 0 Å². The number of rotatable bonds is 5. The van der Waals surface area contributed by atoms with Crippen LogP contribution >= 0.6 is 0 Å². The maximum atomic E-state index is 13.6. The van der Waals surface area contributed by atoms with Gasteiger partial charge in [0.25, 0.3) is 5.91 Å². The number of nitrogens with zero attached hydrogens (tertiary/aromatic N) is 1. The quantitative estimate of drug-likeness (QED) is 0.820. The fourth-order valence-corrected chi connectivity index (χ4v) is 2.26. The minimum atomic E-state index is -1.24. The second-order valence-corrected chi connectivity index (χ2v) is 4.56. The molecule has 106 valence electrons. The van der Waals surface area contributed by atoms with Crippen molar-refractivity contribution < 1.29 is 23.9 Å². The van der Waals surface area contributed by atoms with Crippen LogP contribution in [0.3, 0.4) is 0 Å². The molecule has 0 radical (unpaired) electrons. The Morgan fingerprint density at radius 1 is 1.45 bits per heavy atom. The average Bonchev–Trinajstić information content (AvgIpc) is 2.69. The Bertz CT molecular complexity index is 588. The third-order valence-corrected chi connectivity index (χ3v) is 3.26. The van der Waals surface area contributed by atoms with Gasteiger partial charge in [0.1, 0.15) is 11.9 Å². The smallest absolute Gasteiger partial charge is 0.326 e. The summed E-state index contributed by atoms with van der Waals surface area (Å²) < 4.78 is 13.6. The standard InChI is InChI=1S/C13H13FN2O4/c14-9-3-1-2-7-8(9)6-16(12(7)18)10(13(19)20)4-5-11(15)17/h1-3,10H,4-6H2,(H2,15,17)(H,19,20). The van der Waals surface area contributed by atoms with Crippen molar-refractivity contribution in [2.45, 2.75) is 25.4 Å². The Hall–Kier alpha value is -2.44. The molecule has 7 heteroatoms. The van der Waals surface area contributed by atoms with Crippen molar-refractivity contribution in [2.24, 2.45) is 5.73 Å². The number of benzene rings is 1. The predicted octanol–water partition coefficient (Wildman–Crippen LogP) is 0.500. The van der Waals surface area contributed by atoms with E-state index >= 15 is 0 Å². The Morgan fingerprint density at radius 2 is 2.15 bits per heavy atom. The van der Waals surface area contributed by atoms with Crippen molar-refractivity contribution >= 4 is 17.8 Å². The zero-order valence-electron chi connectivity index (χ0n) is 10.5. The van der Waals surface area contributed by atoms with Gasteiger partial charge in [0.15, 0.2) is 0 Å². The van der Waals surface area contributed by atoms with Gasteiger partial charge in [-0.2, -0.15) is 0 Å². The second kappa shape index (κ2) is 5.28. The van der Waals surface area contributed by atoms with Gasteiger partial charge in [-0.15, -0.1) is 0 Å². The van der Waals surface area contributed by atoms with Crippen molar-refractivity contribution in [1.82, 2.24) is 4.90 Å². The van der Waals surface area contributed by atoms with E-state index in [1.54, 1.807) is 0 Å². The minimum Gasteiger partial charge on any atom is -0.480 e. The van der Waals surface area contributed by atoms with E-state index in [1.807, 2.05) is 0 Å². The highest BCUT2D eigenvalue weighted by Crippen LogP contribution is 2.28. The summed E-state index contributed by atoms with van der Waals surface area (Å²) in [7, 11) is 0. The molecule has 1 aromatic carbocycles. The molecule has 1 aliphatic rings. The van der Waals surface area contributed by atoms with Crippen LogP contribution in [-0.2, 0) is 16.1 Å². The fraction of sp³-hybridized carbons (Fsp3) is 0.308. The molecule has 1 atom stereocenters. The number of nitrogens with two attached hydrogens (primary N) is 1. The van der Waals surface area contributed by atoms with E-state index in [-0.39, 0.29) is 30.5 Å². The third-order valence-electron chi connectivity index (χ3n) is 3.26. The molecule has 3 N–H and O–H groups in total. The predicted molar refractivity (Wildman–Crippen MR) is 66.1 cm³/mol. The number of aliphatic carboxylic acids is 1. The molecule has 0 aliphatic carbocycles. The zero-order chi connectivity index (χ0) is 14.9. The highest BCUT2D eigenvalue weighted by atomic mass is 19.1. The summed E-state index contributed by atoms with van der Waals surface area (Å²) in [5, 5.41) is 9.17. The lowest BCUT2D eigenvalue weighted by atomic mass is 10.1. The first-order valence-corrected chi connectivity index (χ1v) is 6.01. The molecule has 0 fully saturated rings. The van der Waals surface area contributed by atoms with E-state index in [9.17, 15) is 23.9 Å². The summed E-state index contributed by atoms with van der Waals surface area (Å²) in [5.41, 5.74) is 5.33. The van der Waals surface area contributed by atoms with Crippen LogP contribution in [0.15, 0.2) is 18.2 Å². The summed E-state index contributed by atoms with van der Waals surface area (Å²) in [6, 6.07) is 2.87. The maximum Gasteiger partial charge on any atom is 0.326 e. The first-order chi connectivity index (χ1) is 9.41. The molecular weight excluding hydrogens is 267 g/mol. The van der Waals surface area contributed by atoms with Gasteiger partial charge >= 0.3 is 5.97 Å². The van der Waals surface area contributed by atoms with Gasteiger partial charge in [0, 0.05) is 17.5 Å². The number of hydrogen-bond donors (Lipinski definition) is 2. The van der Waals surface area contributed by atoms with E-state index in [0.717, 1.165) is 4.90 Å². The van der Waals surface area contributed by atoms with Gasteiger partial charge in [-0.25, -0.2) is 9.18 Å². The lowest BCUT2D eigenvalue weighted by Crippen LogP contribution is -2.42. The van der Waals surface area contributed by atoms with Crippen LogP contribution < -0.4 is 5.73 Å². The molecule has 0 bridgehead atoms. The molecule has 1 unspecified atom stereocenters. The topological polar surface area (TPSA) is 101 Å². The second-order valence-electron chi connectivity index (χ2n) is 4.56. The fourth-order valence-electron chi connectivity index (χ4n) is 2.26. The number of carbonyl (C=O) groups excluding carboxylic acids is 2. The summed E-state index contributed by atoms with van der Waals surface area (Å²) in [4.78, 5) is 35.2. The summed E-state index contributed by atoms with van der Waals surface area (Å²) in [5.74, 6) is -2.98. The van der Waals surface area contributed by atoms with Crippen molar-refractivity contribution in [3.8, 4) is 0 Å².